The van der Waals surface area contributed by atoms with Crippen LogP contribution in [0, 0.1) is 5.92 Å². The molecule has 0 fully saturated rings. The number of amides is 1. The van der Waals surface area contributed by atoms with Crippen LogP contribution in [0.4, 0.5) is 5.69 Å². The van der Waals surface area contributed by atoms with Gasteiger partial charge in [-0.3, -0.25) is 9.78 Å². The number of hydrogen-bond acceptors (Lipinski definition) is 2. The van der Waals surface area contributed by atoms with E-state index in [9.17, 15) is 4.79 Å². The van der Waals surface area contributed by atoms with Gasteiger partial charge in [-0.05, 0) is 42.5 Å². The molecule has 4 rings (SSSR count). The topological polar surface area (TPSA) is 42.0 Å². The van der Waals surface area contributed by atoms with Gasteiger partial charge in [-0.25, -0.2) is 0 Å². The van der Waals surface area contributed by atoms with Gasteiger partial charge < -0.3 is 5.32 Å². The molecule has 1 aromatic heterocycles. The first-order chi connectivity index (χ1) is 11.3. The van der Waals surface area contributed by atoms with Gasteiger partial charge in [-0.15, -0.1) is 0 Å². The molecule has 1 atom stereocenters. The highest BCUT2D eigenvalue weighted by molar-refractivity contribution is 5.94. The van der Waals surface area contributed by atoms with Crippen molar-refractivity contribution in [2.45, 2.75) is 19.3 Å². The number of anilines is 1. The molecule has 3 nitrogen and oxygen atoms in total. The van der Waals surface area contributed by atoms with Gasteiger partial charge in [0.2, 0.25) is 5.91 Å². The second-order valence-electron chi connectivity index (χ2n) is 6.11. The molecule has 1 amide bonds. The summed E-state index contributed by atoms with van der Waals surface area (Å²) >= 11 is 0. The van der Waals surface area contributed by atoms with E-state index in [2.05, 4.69) is 28.5 Å². The molecule has 0 radical (unpaired) electrons. The van der Waals surface area contributed by atoms with Gasteiger partial charge in [0.15, 0.2) is 0 Å². The molecule has 23 heavy (non-hydrogen) atoms. The quantitative estimate of drug-likeness (QED) is 0.778. The van der Waals surface area contributed by atoms with Crippen LogP contribution in [0.1, 0.15) is 17.5 Å². The minimum Gasteiger partial charge on any atom is -0.324 e. The Kier molecular flexibility index (Phi) is 3.54. The van der Waals surface area contributed by atoms with Crippen LogP contribution in [0.5, 0.6) is 0 Å². The van der Waals surface area contributed by atoms with Gasteiger partial charge in [-0.1, -0.05) is 42.5 Å². The standard InChI is InChI=1S/C20H18N2O/c23-20(17-10-9-14-5-1-2-6-15(14)11-17)22-18-12-16-7-3-4-8-19(16)21-13-18/h1-8,12-13,17H,9-11H2,(H,22,23). The second kappa shape index (κ2) is 5.84. The van der Waals surface area contributed by atoms with Crippen molar-refractivity contribution >= 4 is 22.5 Å². The summed E-state index contributed by atoms with van der Waals surface area (Å²) in [6.07, 6.45) is 4.44. The number of benzene rings is 2. The van der Waals surface area contributed by atoms with Crippen molar-refractivity contribution in [1.82, 2.24) is 4.98 Å². The molecule has 0 spiro atoms. The summed E-state index contributed by atoms with van der Waals surface area (Å²) in [6, 6.07) is 18.3. The lowest BCUT2D eigenvalue weighted by Gasteiger charge is -2.23. The number of nitrogens with zero attached hydrogens (tertiary/aromatic N) is 1. The highest BCUT2D eigenvalue weighted by Gasteiger charge is 2.24. The molecule has 0 bridgehead atoms. The monoisotopic (exact) mass is 302 g/mol. The van der Waals surface area contributed by atoms with E-state index < -0.39 is 0 Å². The highest BCUT2D eigenvalue weighted by Crippen LogP contribution is 2.26. The predicted molar refractivity (Wildman–Crippen MR) is 92.3 cm³/mol. The van der Waals surface area contributed by atoms with E-state index >= 15 is 0 Å². The van der Waals surface area contributed by atoms with Crippen molar-refractivity contribution in [3.05, 3.63) is 71.9 Å². The molecular weight excluding hydrogens is 284 g/mol. The van der Waals surface area contributed by atoms with Gasteiger partial charge in [0.1, 0.15) is 0 Å². The van der Waals surface area contributed by atoms with E-state index in [1.54, 1.807) is 6.20 Å². The SMILES string of the molecule is O=C(Nc1cnc2ccccc2c1)C1CCc2ccccc2C1. The molecule has 0 saturated carbocycles. The molecule has 3 aromatic rings. The van der Waals surface area contributed by atoms with Gasteiger partial charge in [0.05, 0.1) is 17.4 Å². The third-order valence-electron chi connectivity index (χ3n) is 4.58. The predicted octanol–water partition coefficient (Wildman–Crippen LogP) is 3.98. The fourth-order valence-electron chi connectivity index (χ4n) is 3.31. The minimum atomic E-state index is 0.0383. The fourth-order valence-corrected chi connectivity index (χ4v) is 3.31. The fraction of sp³-hybridized carbons (Fsp3) is 0.200. The number of para-hydroxylation sites is 1. The van der Waals surface area contributed by atoms with E-state index in [1.807, 2.05) is 36.4 Å². The Bertz CT molecular complexity index is 872. The number of carbonyl (C=O) groups excluding carboxylic acids is 1. The first-order valence-corrected chi connectivity index (χ1v) is 8.02. The van der Waals surface area contributed by atoms with Crippen molar-refractivity contribution in [1.29, 1.82) is 0 Å². The number of carbonyl (C=O) groups is 1. The van der Waals surface area contributed by atoms with Crippen LogP contribution in [0.3, 0.4) is 0 Å². The first-order valence-electron chi connectivity index (χ1n) is 8.02. The maximum absolute atomic E-state index is 12.6. The van der Waals surface area contributed by atoms with Gasteiger partial charge in [0, 0.05) is 11.3 Å². The summed E-state index contributed by atoms with van der Waals surface area (Å²) in [5.74, 6) is 0.132. The lowest BCUT2D eigenvalue weighted by Crippen LogP contribution is -2.28. The Morgan fingerprint density at radius 2 is 1.83 bits per heavy atom. The van der Waals surface area contributed by atoms with E-state index in [4.69, 9.17) is 0 Å². The Balaban J connectivity index is 1.51. The summed E-state index contributed by atoms with van der Waals surface area (Å²) in [5.41, 5.74) is 4.39. The maximum atomic E-state index is 12.6. The third-order valence-corrected chi connectivity index (χ3v) is 4.58. The van der Waals surface area contributed by atoms with Crippen molar-refractivity contribution in [3.8, 4) is 0 Å². The molecule has 1 aliphatic rings. The number of aryl methyl sites for hydroxylation is 1. The molecule has 1 N–H and O–H groups in total. The van der Waals surface area contributed by atoms with Crippen LogP contribution < -0.4 is 5.32 Å². The average molecular weight is 302 g/mol. The molecule has 1 unspecified atom stereocenters. The molecule has 2 aromatic carbocycles. The number of hydrogen-bond donors (Lipinski definition) is 1. The lowest BCUT2D eigenvalue weighted by molar-refractivity contribution is -0.120. The normalized spacial score (nSPS) is 16.8. The summed E-state index contributed by atoms with van der Waals surface area (Å²) in [4.78, 5) is 17.0. The number of nitrogens with one attached hydrogen (secondary N) is 1. The molecule has 3 heteroatoms. The zero-order valence-electron chi connectivity index (χ0n) is 12.8. The summed E-state index contributed by atoms with van der Waals surface area (Å²) in [5, 5.41) is 4.07. The van der Waals surface area contributed by atoms with Crippen LogP contribution in [0.2, 0.25) is 0 Å². The maximum Gasteiger partial charge on any atom is 0.227 e. The second-order valence-corrected chi connectivity index (χ2v) is 6.11. The average Bonchev–Trinajstić information content (AvgIpc) is 2.61. The van der Waals surface area contributed by atoms with Gasteiger partial charge >= 0.3 is 0 Å². The molecular formula is C20H18N2O. The minimum absolute atomic E-state index is 0.0383. The zero-order valence-corrected chi connectivity index (χ0v) is 12.8. The number of pyridine rings is 1. The van der Waals surface area contributed by atoms with Crippen LogP contribution in [0.15, 0.2) is 60.8 Å². The Morgan fingerprint density at radius 1 is 1.04 bits per heavy atom. The van der Waals surface area contributed by atoms with Crippen LogP contribution in [0.25, 0.3) is 10.9 Å². The van der Waals surface area contributed by atoms with Crippen molar-refractivity contribution in [2.24, 2.45) is 5.92 Å². The lowest BCUT2D eigenvalue weighted by atomic mass is 9.83. The smallest absolute Gasteiger partial charge is 0.227 e. The van der Waals surface area contributed by atoms with Crippen LogP contribution >= 0.6 is 0 Å². The van der Waals surface area contributed by atoms with E-state index in [1.165, 1.54) is 11.1 Å². The molecule has 1 heterocycles. The van der Waals surface area contributed by atoms with Crippen LogP contribution in [-0.4, -0.2) is 10.9 Å². The number of rotatable bonds is 2. The Hall–Kier alpha value is -2.68. The van der Waals surface area contributed by atoms with Crippen LogP contribution in [-0.2, 0) is 17.6 Å². The number of fused-ring (bicyclic) bond motifs is 2. The summed E-state index contributed by atoms with van der Waals surface area (Å²) < 4.78 is 0. The third kappa shape index (κ3) is 2.82. The molecule has 114 valence electrons. The highest BCUT2D eigenvalue weighted by atomic mass is 16.1. The summed E-state index contributed by atoms with van der Waals surface area (Å²) in [7, 11) is 0. The summed E-state index contributed by atoms with van der Waals surface area (Å²) in [6.45, 7) is 0. The Morgan fingerprint density at radius 3 is 2.74 bits per heavy atom. The van der Waals surface area contributed by atoms with Gasteiger partial charge in [0.25, 0.3) is 0 Å². The van der Waals surface area contributed by atoms with E-state index in [-0.39, 0.29) is 11.8 Å². The van der Waals surface area contributed by atoms with Crippen molar-refractivity contribution < 1.29 is 4.79 Å². The van der Waals surface area contributed by atoms with Gasteiger partial charge in [-0.2, -0.15) is 0 Å². The van der Waals surface area contributed by atoms with E-state index in [0.717, 1.165) is 35.9 Å². The zero-order chi connectivity index (χ0) is 15.6. The van der Waals surface area contributed by atoms with Crippen molar-refractivity contribution in [2.75, 3.05) is 5.32 Å². The molecule has 0 saturated heterocycles. The van der Waals surface area contributed by atoms with Crippen molar-refractivity contribution in [3.63, 3.8) is 0 Å². The molecule has 1 aliphatic carbocycles. The van der Waals surface area contributed by atoms with E-state index in [0.29, 0.717) is 0 Å². The largest absolute Gasteiger partial charge is 0.324 e. The number of aromatic nitrogens is 1. The first kappa shape index (κ1) is 13.9. The molecule has 0 aliphatic heterocycles. The Labute approximate surface area is 135 Å².